The molecular weight excluding hydrogens is 230 g/mol. The van der Waals surface area contributed by atoms with E-state index in [0.29, 0.717) is 0 Å². The lowest BCUT2D eigenvalue weighted by Gasteiger charge is -2.03. The summed E-state index contributed by atoms with van der Waals surface area (Å²) in [6, 6.07) is 5.99. The van der Waals surface area contributed by atoms with Gasteiger partial charge in [-0.2, -0.15) is 0 Å². The number of methoxy groups -OCH3 is 1. The molecule has 1 atom stereocenters. The van der Waals surface area contributed by atoms with Crippen LogP contribution in [0.3, 0.4) is 0 Å². The van der Waals surface area contributed by atoms with Gasteiger partial charge in [0.1, 0.15) is 11.0 Å². The first-order valence-electron chi connectivity index (χ1n) is 4.37. The van der Waals surface area contributed by atoms with Crippen molar-refractivity contribution in [1.29, 1.82) is 0 Å². The third-order valence-corrected chi connectivity index (χ3v) is 2.26. The lowest BCUT2D eigenvalue weighted by atomic mass is 10.1. The van der Waals surface area contributed by atoms with Gasteiger partial charge in [-0.3, -0.25) is 9.52 Å². The lowest BCUT2D eigenvalue weighted by molar-refractivity contribution is 0.0600. The van der Waals surface area contributed by atoms with Crippen LogP contribution >= 0.6 is 0 Å². The fourth-order valence-electron chi connectivity index (χ4n) is 1.09. The molecule has 0 aliphatic heterocycles. The van der Waals surface area contributed by atoms with Gasteiger partial charge in [0.2, 0.25) is 0 Å². The van der Waals surface area contributed by atoms with Crippen LogP contribution in [0.15, 0.2) is 24.3 Å². The Morgan fingerprint density at radius 2 is 1.94 bits per heavy atom. The van der Waals surface area contributed by atoms with Gasteiger partial charge < -0.3 is 4.74 Å². The molecule has 1 unspecified atom stereocenters. The van der Waals surface area contributed by atoms with Crippen molar-refractivity contribution in [2.24, 2.45) is 0 Å². The molecular formula is C10H11NO4S. The van der Waals surface area contributed by atoms with Crippen LogP contribution in [0.1, 0.15) is 20.7 Å². The molecule has 0 saturated heterocycles. The van der Waals surface area contributed by atoms with E-state index in [0.717, 1.165) is 0 Å². The topological polar surface area (TPSA) is 72.5 Å². The van der Waals surface area contributed by atoms with Gasteiger partial charge in [-0.15, -0.1) is 0 Å². The third kappa shape index (κ3) is 3.16. The van der Waals surface area contributed by atoms with Crippen molar-refractivity contribution in [3.05, 3.63) is 35.4 Å². The van der Waals surface area contributed by atoms with Crippen LogP contribution in [-0.2, 0) is 15.7 Å². The van der Waals surface area contributed by atoms with E-state index in [2.05, 4.69) is 9.46 Å². The summed E-state index contributed by atoms with van der Waals surface area (Å²) in [5.41, 5.74) is 0.537. The van der Waals surface area contributed by atoms with Crippen LogP contribution in [0.25, 0.3) is 0 Å². The molecule has 1 aromatic carbocycles. The Kier molecular flexibility index (Phi) is 4.19. The second-order valence-corrected chi connectivity index (χ2v) is 4.07. The quantitative estimate of drug-likeness (QED) is 0.782. The first-order chi connectivity index (χ1) is 7.54. The van der Waals surface area contributed by atoms with E-state index in [1.165, 1.54) is 31.6 Å². The zero-order chi connectivity index (χ0) is 12.1. The fourth-order valence-corrected chi connectivity index (χ4v) is 1.47. The van der Waals surface area contributed by atoms with E-state index in [-0.39, 0.29) is 11.1 Å². The highest BCUT2D eigenvalue weighted by atomic mass is 32.2. The molecule has 1 aromatic rings. The summed E-state index contributed by atoms with van der Waals surface area (Å²) in [5.74, 6) is -1.01. The molecule has 5 nitrogen and oxygen atoms in total. The summed E-state index contributed by atoms with van der Waals surface area (Å²) in [5, 5.41) is 0. The van der Waals surface area contributed by atoms with Crippen LogP contribution in [0.2, 0.25) is 0 Å². The maximum absolute atomic E-state index is 11.5. The number of benzene rings is 1. The van der Waals surface area contributed by atoms with Crippen molar-refractivity contribution in [2.75, 3.05) is 13.4 Å². The molecule has 16 heavy (non-hydrogen) atoms. The largest absolute Gasteiger partial charge is 0.465 e. The fraction of sp³-hybridized carbons (Fsp3) is 0.200. The van der Waals surface area contributed by atoms with Crippen molar-refractivity contribution < 1.29 is 18.5 Å². The summed E-state index contributed by atoms with van der Waals surface area (Å²) in [6.07, 6.45) is 1.35. The number of ether oxygens (including phenoxy) is 1. The Bertz CT molecular complexity index is 444. The summed E-state index contributed by atoms with van der Waals surface area (Å²) in [7, 11) is -0.171. The summed E-state index contributed by atoms with van der Waals surface area (Å²) < 4.78 is 17.5. The van der Waals surface area contributed by atoms with Crippen LogP contribution in [0.4, 0.5) is 0 Å². The Balaban J connectivity index is 2.94. The molecule has 1 rings (SSSR count). The molecule has 0 heterocycles. The number of esters is 1. The molecule has 0 fully saturated rings. The van der Waals surface area contributed by atoms with Gasteiger partial charge in [0.05, 0.1) is 12.7 Å². The van der Waals surface area contributed by atoms with Gasteiger partial charge in [0.25, 0.3) is 5.91 Å². The van der Waals surface area contributed by atoms with E-state index in [9.17, 15) is 13.8 Å². The predicted molar refractivity (Wildman–Crippen MR) is 59.3 cm³/mol. The number of hydrogen-bond donors (Lipinski definition) is 1. The smallest absolute Gasteiger partial charge is 0.337 e. The normalized spacial score (nSPS) is 11.6. The minimum absolute atomic E-state index is 0.262. The molecule has 0 radical (unpaired) electrons. The van der Waals surface area contributed by atoms with Crippen molar-refractivity contribution >= 4 is 22.9 Å². The zero-order valence-corrected chi connectivity index (χ0v) is 9.67. The lowest BCUT2D eigenvalue weighted by Crippen LogP contribution is -2.24. The molecule has 6 heteroatoms. The standard InChI is InChI=1S/C10H11NO4S/c1-15-10(13)8-5-3-4-7(6-8)9(12)11-16(2)14/h3-6H,1-2H3,(H,11,12). The summed E-state index contributed by atoms with van der Waals surface area (Å²) in [6.45, 7) is 0. The minimum atomic E-state index is -1.43. The van der Waals surface area contributed by atoms with E-state index in [1.54, 1.807) is 6.07 Å². The number of carbonyl (C=O) groups excluding carboxylic acids is 2. The van der Waals surface area contributed by atoms with Gasteiger partial charge in [0.15, 0.2) is 0 Å². The summed E-state index contributed by atoms with van der Waals surface area (Å²) >= 11 is 0. The Morgan fingerprint density at radius 3 is 2.50 bits per heavy atom. The van der Waals surface area contributed by atoms with E-state index in [1.807, 2.05) is 0 Å². The van der Waals surface area contributed by atoms with E-state index >= 15 is 0 Å². The first kappa shape index (κ1) is 12.4. The number of amides is 1. The van der Waals surface area contributed by atoms with Gasteiger partial charge >= 0.3 is 5.97 Å². The molecule has 0 aliphatic rings. The van der Waals surface area contributed by atoms with E-state index < -0.39 is 22.9 Å². The van der Waals surface area contributed by atoms with Crippen LogP contribution in [0.5, 0.6) is 0 Å². The van der Waals surface area contributed by atoms with Gasteiger partial charge in [-0.1, -0.05) is 6.07 Å². The van der Waals surface area contributed by atoms with Crippen molar-refractivity contribution in [2.45, 2.75) is 0 Å². The Hall–Kier alpha value is -1.69. The molecule has 0 aromatic heterocycles. The maximum Gasteiger partial charge on any atom is 0.337 e. The predicted octanol–water partition coefficient (Wildman–Crippen LogP) is 0.497. The van der Waals surface area contributed by atoms with Gasteiger partial charge in [-0.25, -0.2) is 9.00 Å². The second-order valence-electron chi connectivity index (χ2n) is 2.96. The molecule has 0 spiro atoms. The Labute approximate surface area is 95.4 Å². The van der Waals surface area contributed by atoms with Crippen molar-refractivity contribution in [3.63, 3.8) is 0 Å². The zero-order valence-electron chi connectivity index (χ0n) is 8.85. The van der Waals surface area contributed by atoms with Crippen molar-refractivity contribution in [3.8, 4) is 0 Å². The maximum atomic E-state index is 11.5. The van der Waals surface area contributed by atoms with E-state index in [4.69, 9.17) is 0 Å². The number of nitrogens with one attached hydrogen (secondary N) is 1. The third-order valence-electron chi connectivity index (χ3n) is 1.78. The molecule has 1 N–H and O–H groups in total. The second kappa shape index (κ2) is 5.41. The van der Waals surface area contributed by atoms with Crippen LogP contribution < -0.4 is 4.72 Å². The molecule has 1 amide bonds. The van der Waals surface area contributed by atoms with Crippen LogP contribution in [0, 0.1) is 0 Å². The highest BCUT2D eigenvalue weighted by Crippen LogP contribution is 2.06. The average Bonchev–Trinajstić information content (AvgIpc) is 2.27. The number of hydrogen-bond acceptors (Lipinski definition) is 4. The summed E-state index contributed by atoms with van der Waals surface area (Å²) in [4.78, 5) is 22.7. The SMILES string of the molecule is COC(=O)c1cccc(C(=O)NS(C)=O)c1. The van der Waals surface area contributed by atoms with Gasteiger partial charge in [-0.05, 0) is 18.2 Å². The highest BCUT2D eigenvalue weighted by molar-refractivity contribution is 7.82. The number of rotatable bonds is 3. The molecule has 0 bridgehead atoms. The first-order valence-corrected chi connectivity index (χ1v) is 5.93. The van der Waals surface area contributed by atoms with Gasteiger partial charge in [0, 0.05) is 11.8 Å². The van der Waals surface area contributed by atoms with Crippen LogP contribution in [-0.4, -0.2) is 29.5 Å². The monoisotopic (exact) mass is 241 g/mol. The highest BCUT2D eigenvalue weighted by Gasteiger charge is 2.10. The number of carbonyl (C=O) groups is 2. The Morgan fingerprint density at radius 1 is 1.31 bits per heavy atom. The minimum Gasteiger partial charge on any atom is -0.465 e. The molecule has 86 valence electrons. The average molecular weight is 241 g/mol. The molecule has 0 aliphatic carbocycles. The van der Waals surface area contributed by atoms with Crippen molar-refractivity contribution in [1.82, 2.24) is 4.72 Å². The molecule has 0 saturated carbocycles.